The molecule has 11 atom stereocenters. The number of fused-ring (bicyclic) bond motifs is 5. The van der Waals surface area contributed by atoms with Crippen LogP contribution in [-0.2, 0) is 4.79 Å². The molecule has 0 radical (unpaired) electrons. The van der Waals surface area contributed by atoms with Gasteiger partial charge in [-0.05, 0) is 91.3 Å². The van der Waals surface area contributed by atoms with Crippen LogP contribution < -0.4 is 0 Å². The summed E-state index contributed by atoms with van der Waals surface area (Å²) in [5, 5.41) is 42.1. The topological polar surface area (TPSA) is 98.0 Å². The van der Waals surface area contributed by atoms with Crippen molar-refractivity contribution in [2.45, 2.75) is 90.4 Å². The lowest BCUT2D eigenvalue weighted by Crippen LogP contribution is -2.62. The van der Waals surface area contributed by atoms with Gasteiger partial charge in [0, 0.05) is 6.42 Å². The van der Waals surface area contributed by atoms with Crippen molar-refractivity contribution in [3.05, 3.63) is 0 Å². The number of carboxylic acids is 1. The summed E-state index contributed by atoms with van der Waals surface area (Å²) in [6, 6.07) is 0. The molecule has 5 heteroatoms. The van der Waals surface area contributed by atoms with Gasteiger partial charge in [-0.1, -0.05) is 20.8 Å². The van der Waals surface area contributed by atoms with E-state index in [0.29, 0.717) is 12.3 Å². The van der Waals surface area contributed by atoms with Crippen molar-refractivity contribution in [1.82, 2.24) is 0 Å². The molecule has 0 heterocycles. The number of aliphatic hydroxyl groups is 3. The minimum Gasteiger partial charge on any atom is -0.481 e. The second-order valence-electron chi connectivity index (χ2n) is 11.1. The van der Waals surface area contributed by atoms with Gasteiger partial charge < -0.3 is 20.4 Å². The lowest BCUT2D eigenvalue weighted by molar-refractivity contribution is -0.207. The van der Waals surface area contributed by atoms with Crippen LogP contribution in [0.3, 0.4) is 0 Å². The van der Waals surface area contributed by atoms with E-state index in [-0.39, 0.29) is 59.0 Å². The molecular weight excluding hydrogens is 356 g/mol. The van der Waals surface area contributed by atoms with E-state index in [1.165, 1.54) is 0 Å². The van der Waals surface area contributed by atoms with Crippen molar-refractivity contribution in [3.8, 4) is 0 Å². The number of aliphatic carboxylic acids is 1. The predicted molar refractivity (Wildman–Crippen MR) is 105 cm³/mol. The molecule has 4 aliphatic carbocycles. The van der Waals surface area contributed by atoms with Crippen molar-refractivity contribution >= 4 is 5.97 Å². The fourth-order valence-corrected chi connectivity index (χ4v) is 8.55. The summed E-state index contributed by atoms with van der Waals surface area (Å²) in [5.41, 5.74) is -0.232. The van der Waals surface area contributed by atoms with Crippen LogP contribution in [0.1, 0.15) is 72.1 Å². The maximum absolute atomic E-state index is 11.4. The van der Waals surface area contributed by atoms with E-state index in [2.05, 4.69) is 13.8 Å². The highest BCUT2D eigenvalue weighted by Gasteiger charge is 2.65. The Labute approximate surface area is 168 Å². The molecule has 0 bridgehead atoms. The molecule has 0 aromatic rings. The molecule has 4 rings (SSSR count). The summed E-state index contributed by atoms with van der Waals surface area (Å²) < 4.78 is 0. The van der Waals surface area contributed by atoms with Crippen LogP contribution in [0.5, 0.6) is 0 Å². The molecule has 0 aromatic heterocycles. The highest BCUT2D eigenvalue weighted by Crippen LogP contribution is 2.68. The zero-order valence-electron chi connectivity index (χ0n) is 17.6. The van der Waals surface area contributed by atoms with Gasteiger partial charge in [-0.15, -0.1) is 0 Å². The van der Waals surface area contributed by atoms with Crippen molar-refractivity contribution in [2.24, 2.45) is 46.3 Å². The Bertz CT molecular complexity index is 622. The van der Waals surface area contributed by atoms with Crippen molar-refractivity contribution in [2.75, 3.05) is 0 Å². The number of rotatable bonds is 3. The summed E-state index contributed by atoms with van der Waals surface area (Å²) >= 11 is 0. The number of hydrogen-bond acceptors (Lipinski definition) is 4. The summed E-state index contributed by atoms with van der Waals surface area (Å²) in [5.74, 6) is 0.510. The van der Waals surface area contributed by atoms with Crippen LogP contribution in [0.2, 0.25) is 0 Å². The van der Waals surface area contributed by atoms with Crippen LogP contribution in [0.15, 0.2) is 0 Å². The predicted octanol–water partition coefficient (Wildman–Crippen LogP) is 3.06. The van der Waals surface area contributed by atoms with Crippen molar-refractivity contribution in [1.29, 1.82) is 0 Å². The van der Waals surface area contributed by atoms with E-state index in [4.69, 9.17) is 0 Å². The third-order valence-corrected chi connectivity index (χ3v) is 10.0. The Morgan fingerprint density at radius 1 is 1.04 bits per heavy atom. The zero-order chi connectivity index (χ0) is 20.4. The molecule has 4 fully saturated rings. The van der Waals surface area contributed by atoms with E-state index < -0.39 is 12.1 Å². The number of carboxylic acid groups (broad SMARTS) is 1. The third-order valence-electron chi connectivity index (χ3n) is 10.0. The summed E-state index contributed by atoms with van der Waals surface area (Å²) in [6.07, 6.45) is 5.02. The summed E-state index contributed by atoms with van der Waals surface area (Å²) in [6.45, 7) is 6.52. The Kier molecular flexibility index (Phi) is 5.12. The normalized spacial score (nSPS) is 54.4. The number of aliphatic hydroxyl groups excluding tert-OH is 3. The fourth-order valence-electron chi connectivity index (χ4n) is 8.55. The Hall–Kier alpha value is -0.650. The van der Waals surface area contributed by atoms with Crippen LogP contribution in [-0.4, -0.2) is 44.7 Å². The number of hydrogen-bond donors (Lipinski definition) is 4. The first-order valence-electron chi connectivity index (χ1n) is 11.3. The molecular formula is C23H38O5. The minimum atomic E-state index is -0.767. The van der Waals surface area contributed by atoms with Gasteiger partial charge in [-0.2, -0.15) is 0 Å². The fraction of sp³-hybridized carbons (Fsp3) is 0.957. The van der Waals surface area contributed by atoms with E-state index in [1.807, 2.05) is 6.92 Å². The average molecular weight is 395 g/mol. The standard InChI is InChI=1S/C23H38O5/c1-12(8-20(27)28)15-4-5-16-21-17(11-19(26)23(15,16)3)22(2)7-6-14(24)9-13(22)10-18(21)25/h12-19,21,24-26H,4-11H2,1-3H3,(H,27,28)/t12-,13+,14-,15-,16+,17+,18-,19+,21+,22+,23-/m1/s1. The minimum absolute atomic E-state index is 0.0348. The van der Waals surface area contributed by atoms with Gasteiger partial charge in [0.25, 0.3) is 0 Å². The van der Waals surface area contributed by atoms with Crippen LogP contribution in [0, 0.1) is 46.3 Å². The first kappa shape index (κ1) is 20.6. The molecule has 0 amide bonds. The molecule has 4 saturated carbocycles. The molecule has 4 aliphatic rings. The van der Waals surface area contributed by atoms with E-state index in [9.17, 15) is 25.2 Å². The molecule has 160 valence electrons. The smallest absolute Gasteiger partial charge is 0.303 e. The van der Waals surface area contributed by atoms with Gasteiger partial charge in [0.15, 0.2) is 0 Å². The van der Waals surface area contributed by atoms with Crippen LogP contribution in [0.4, 0.5) is 0 Å². The molecule has 28 heavy (non-hydrogen) atoms. The molecule has 0 spiro atoms. The van der Waals surface area contributed by atoms with Gasteiger partial charge in [-0.3, -0.25) is 4.79 Å². The van der Waals surface area contributed by atoms with Gasteiger partial charge in [0.2, 0.25) is 0 Å². The molecule has 0 saturated heterocycles. The van der Waals surface area contributed by atoms with E-state index in [1.54, 1.807) is 0 Å². The Morgan fingerprint density at radius 2 is 1.75 bits per heavy atom. The lowest BCUT2D eigenvalue weighted by atomic mass is 9.43. The third kappa shape index (κ3) is 2.87. The van der Waals surface area contributed by atoms with Crippen LogP contribution in [0.25, 0.3) is 0 Å². The Balaban J connectivity index is 1.65. The summed E-state index contributed by atoms with van der Waals surface area (Å²) in [7, 11) is 0. The van der Waals surface area contributed by atoms with Gasteiger partial charge in [-0.25, -0.2) is 0 Å². The zero-order valence-corrected chi connectivity index (χ0v) is 17.6. The van der Waals surface area contributed by atoms with Gasteiger partial charge in [0.05, 0.1) is 18.3 Å². The van der Waals surface area contributed by atoms with Crippen molar-refractivity contribution in [3.63, 3.8) is 0 Å². The maximum Gasteiger partial charge on any atom is 0.303 e. The second kappa shape index (κ2) is 6.95. The highest BCUT2D eigenvalue weighted by molar-refractivity contribution is 5.67. The maximum atomic E-state index is 11.4. The largest absolute Gasteiger partial charge is 0.481 e. The van der Waals surface area contributed by atoms with Gasteiger partial charge in [0.1, 0.15) is 0 Å². The highest BCUT2D eigenvalue weighted by atomic mass is 16.4. The molecule has 0 aromatic carbocycles. The second-order valence-corrected chi connectivity index (χ2v) is 11.1. The van der Waals surface area contributed by atoms with Gasteiger partial charge >= 0.3 is 5.97 Å². The Morgan fingerprint density at radius 3 is 2.43 bits per heavy atom. The van der Waals surface area contributed by atoms with Crippen LogP contribution >= 0.6 is 0 Å². The van der Waals surface area contributed by atoms with Crippen molar-refractivity contribution < 1.29 is 25.2 Å². The quantitative estimate of drug-likeness (QED) is 0.590. The molecule has 0 unspecified atom stereocenters. The average Bonchev–Trinajstić information content (AvgIpc) is 2.95. The molecule has 5 nitrogen and oxygen atoms in total. The number of carbonyl (C=O) groups is 1. The molecule has 4 N–H and O–H groups in total. The molecule has 0 aliphatic heterocycles. The first-order chi connectivity index (χ1) is 13.1. The SMILES string of the molecule is C[C@H](CC(=O)O)[C@H]1CC[C@H]2[C@@H]3[C@H](O)C[C@@H]4C[C@H](O)CC[C@]4(C)[C@H]3C[C@H](O)[C@]12C. The lowest BCUT2D eigenvalue weighted by Gasteiger charge is -2.63. The van der Waals surface area contributed by atoms with E-state index >= 15 is 0 Å². The first-order valence-corrected chi connectivity index (χ1v) is 11.3. The van der Waals surface area contributed by atoms with E-state index in [0.717, 1.165) is 38.5 Å². The monoisotopic (exact) mass is 394 g/mol. The summed E-state index contributed by atoms with van der Waals surface area (Å²) in [4.78, 5) is 11.3.